The molecule has 4 aromatic heterocycles. The third-order valence-corrected chi connectivity index (χ3v) is 6.42. The van der Waals surface area contributed by atoms with Crippen molar-refractivity contribution >= 4 is 10.9 Å². The molecule has 0 saturated heterocycles. The first kappa shape index (κ1) is 18.9. The molecule has 0 spiro atoms. The zero-order valence-electron chi connectivity index (χ0n) is 17.7. The van der Waals surface area contributed by atoms with Crippen molar-refractivity contribution in [3.05, 3.63) is 54.1 Å². The molecule has 0 bridgehead atoms. The van der Waals surface area contributed by atoms with Crippen LogP contribution in [0, 0.1) is 6.92 Å². The fraction of sp³-hybridized carbons (Fsp3) is 0.292. The fourth-order valence-electron chi connectivity index (χ4n) is 4.92. The molecule has 0 amide bonds. The summed E-state index contributed by atoms with van der Waals surface area (Å²) in [6.45, 7) is 1.86. The molecule has 32 heavy (non-hydrogen) atoms. The lowest BCUT2D eigenvalue weighted by Gasteiger charge is -2.24. The number of fused-ring (bicyclic) bond motifs is 1. The zero-order chi connectivity index (χ0) is 21.7. The first-order valence-corrected chi connectivity index (χ1v) is 11.0. The molecule has 0 radical (unpaired) electrons. The van der Waals surface area contributed by atoms with Gasteiger partial charge in [0.2, 0.25) is 5.88 Å². The standard InChI is InChI=1S/C24H23N5O3/c1-14-13-19(28-32-14)21-20-22(26-25-21)24(30)29(23(20)16-5-3-2-4-6-16)17-9-7-15(8-10-17)18-11-12-31-27-18/h7-13,16,26,30H,2-6H2,1H3. The Hall–Kier alpha value is -3.81. The summed E-state index contributed by atoms with van der Waals surface area (Å²) in [5.74, 6) is 1.21. The van der Waals surface area contributed by atoms with Crippen molar-refractivity contribution in [3.8, 4) is 34.2 Å². The Morgan fingerprint density at radius 1 is 1.03 bits per heavy atom. The van der Waals surface area contributed by atoms with Crippen LogP contribution in [0.1, 0.15) is 49.5 Å². The highest BCUT2D eigenvalue weighted by Crippen LogP contribution is 2.45. The van der Waals surface area contributed by atoms with E-state index in [0.717, 1.165) is 46.6 Å². The van der Waals surface area contributed by atoms with Gasteiger partial charge in [-0.25, -0.2) is 0 Å². The Morgan fingerprint density at radius 2 is 1.84 bits per heavy atom. The molecule has 5 aromatic rings. The quantitative estimate of drug-likeness (QED) is 0.378. The summed E-state index contributed by atoms with van der Waals surface area (Å²) < 4.78 is 12.2. The minimum absolute atomic E-state index is 0.161. The molecule has 1 aliphatic rings. The van der Waals surface area contributed by atoms with Gasteiger partial charge in [-0.2, -0.15) is 5.10 Å². The van der Waals surface area contributed by atoms with E-state index in [1.165, 1.54) is 19.3 Å². The predicted octanol–water partition coefficient (Wildman–Crippen LogP) is 5.73. The fourth-order valence-corrected chi connectivity index (χ4v) is 4.92. The maximum absolute atomic E-state index is 11.3. The van der Waals surface area contributed by atoms with Crippen molar-refractivity contribution in [2.24, 2.45) is 0 Å². The highest BCUT2D eigenvalue weighted by atomic mass is 16.5. The number of aromatic hydroxyl groups is 1. The van der Waals surface area contributed by atoms with Crippen molar-refractivity contribution in [2.75, 3.05) is 0 Å². The van der Waals surface area contributed by atoms with E-state index in [0.29, 0.717) is 22.8 Å². The van der Waals surface area contributed by atoms with Gasteiger partial charge in [0, 0.05) is 35.0 Å². The molecule has 0 aliphatic heterocycles. The van der Waals surface area contributed by atoms with Gasteiger partial charge >= 0.3 is 0 Å². The Balaban J connectivity index is 1.55. The van der Waals surface area contributed by atoms with Crippen LogP contribution in [0.15, 0.2) is 51.7 Å². The predicted molar refractivity (Wildman–Crippen MR) is 119 cm³/mol. The molecule has 1 saturated carbocycles. The zero-order valence-corrected chi connectivity index (χ0v) is 17.7. The minimum Gasteiger partial charge on any atom is -0.493 e. The topological polar surface area (TPSA) is 106 Å². The summed E-state index contributed by atoms with van der Waals surface area (Å²) in [6, 6.07) is 11.7. The molecule has 8 nitrogen and oxygen atoms in total. The van der Waals surface area contributed by atoms with E-state index in [4.69, 9.17) is 9.05 Å². The lowest BCUT2D eigenvalue weighted by Crippen LogP contribution is -2.10. The van der Waals surface area contributed by atoms with Crippen LogP contribution in [0.2, 0.25) is 0 Å². The van der Waals surface area contributed by atoms with Crippen LogP contribution in [0.3, 0.4) is 0 Å². The molecular weight excluding hydrogens is 406 g/mol. The van der Waals surface area contributed by atoms with Gasteiger partial charge in [-0.1, -0.05) is 41.7 Å². The Kier molecular flexibility index (Phi) is 4.38. The van der Waals surface area contributed by atoms with Gasteiger partial charge in [-0.15, -0.1) is 0 Å². The van der Waals surface area contributed by atoms with E-state index < -0.39 is 0 Å². The van der Waals surface area contributed by atoms with Crippen molar-refractivity contribution in [3.63, 3.8) is 0 Å². The molecule has 6 rings (SSSR count). The molecule has 1 aliphatic carbocycles. The molecule has 0 unspecified atom stereocenters. The van der Waals surface area contributed by atoms with Crippen LogP contribution < -0.4 is 0 Å². The van der Waals surface area contributed by atoms with E-state index in [9.17, 15) is 5.11 Å². The highest BCUT2D eigenvalue weighted by molar-refractivity contribution is 5.99. The first-order valence-electron chi connectivity index (χ1n) is 11.0. The van der Waals surface area contributed by atoms with Crippen molar-refractivity contribution in [1.82, 2.24) is 25.1 Å². The first-order chi connectivity index (χ1) is 15.7. The molecule has 1 aromatic carbocycles. The van der Waals surface area contributed by atoms with E-state index >= 15 is 0 Å². The second-order valence-corrected chi connectivity index (χ2v) is 8.46. The largest absolute Gasteiger partial charge is 0.493 e. The van der Waals surface area contributed by atoms with Crippen LogP contribution in [0.4, 0.5) is 0 Å². The lowest BCUT2D eigenvalue weighted by atomic mass is 9.85. The lowest BCUT2D eigenvalue weighted by molar-refractivity contribution is 0.399. The Bertz CT molecular complexity index is 1370. The third kappa shape index (κ3) is 2.94. The summed E-state index contributed by atoms with van der Waals surface area (Å²) in [5.41, 5.74) is 5.72. The van der Waals surface area contributed by atoms with Crippen LogP contribution >= 0.6 is 0 Å². The van der Waals surface area contributed by atoms with Gasteiger partial charge in [0.15, 0.2) is 0 Å². The SMILES string of the molecule is Cc1cc(-c2n[nH]c3c(O)n(-c4ccc(-c5ccon5)cc4)c(C4CCCCC4)c23)no1. The van der Waals surface area contributed by atoms with Crippen molar-refractivity contribution in [1.29, 1.82) is 0 Å². The van der Waals surface area contributed by atoms with E-state index in [1.807, 2.05) is 47.9 Å². The minimum atomic E-state index is 0.161. The number of H-pyrrole nitrogens is 1. The van der Waals surface area contributed by atoms with Gasteiger partial charge in [0.05, 0.1) is 5.39 Å². The number of rotatable bonds is 4. The number of aryl methyl sites for hydroxylation is 1. The Morgan fingerprint density at radius 3 is 2.53 bits per heavy atom. The van der Waals surface area contributed by atoms with E-state index in [2.05, 4.69) is 20.5 Å². The number of nitrogens with zero attached hydrogens (tertiary/aromatic N) is 4. The maximum Gasteiger partial charge on any atom is 0.222 e. The number of aromatic nitrogens is 5. The second-order valence-electron chi connectivity index (χ2n) is 8.46. The summed E-state index contributed by atoms with van der Waals surface area (Å²) in [6.07, 6.45) is 7.33. The maximum atomic E-state index is 11.3. The highest BCUT2D eigenvalue weighted by Gasteiger charge is 2.30. The van der Waals surface area contributed by atoms with E-state index in [1.54, 1.807) is 6.26 Å². The molecule has 0 atom stereocenters. The summed E-state index contributed by atoms with van der Waals surface area (Å²) in [7, 11) is 0. The number of benzene rings is 1. The van der Waals surface area contributed by atoms with Gasteiger partial charge in [-0.3, -0.25) is 9.67 Å². The molecule has 1 fully saturated rings. The average molecular weight is 429 g/mol. The van der Waals surface area contributed by atoms with Crippen LogP contribution in [-0.4, -0.2) is 30.2 Å². The summed E-state index contributed by atoms with van der Waals surface area (Å²) in [4.78, 5) is 0. The number of aromatic amines is 1. The van der Waals surface area contributed by atoms with Gasteiger partial charge in [-0.05, 0) is 31.9 Å². The molecule has 2 N–H and O–H groups in total. The van der Waals surface area contributed by atoms with Crippen LogP contribution in [-0.2, 0) is 0 Å². The average Bonchev–Trinajstić information content (AvgIpc) is 3.61. The normalized spacial score (nSPS) is 15.0. The summed E-state index contributed by atoms with van der Waals surface area (Å²) >= 11 is 0. The van der Waals surface area contributed by atoms with Crippen LogP contribution in [0.25, 0.3) is 39.2 Å². The molecule has 4 heterocycles. The smallest absolute Gasteiger partial charge is 0.222 e. The molecule has 8 heteroatoms. The van der Waals surface area contributed by atoms with Crippen molar-refractivity contribution < 1.29 is 14.2 Å². The number of hydrogen-bond acceptors (Lipinski definition) is 6. The number of nitrogens with one attached hydrogen (secondary N) is 1. The molecular formula is C24H23N5O3. The van der Waals surface area contributed by atoms with Crippen molar-refractivity contribution in [2.45, 2.75) is 44.9 Å². The molecule has 162 valence electrons. The number of hydrogen-bond donors (Lipinski definition) is 2. The third-order valence-electron chi connectivity index (χ3n) is 6.42. The summed E-state index contributed by atoms with van der Waals surface area (Å²) in [5, 5.41) is 27.9. The van der Waals surface area contributed by atoms with E-state index in [-0.39, 0.29) is 5.88 Å². The van der Waals surface area contributed by atoms with Gasteiger partial charge < -0.3 is 14.2 Å². The second kappa shape index (κ2) is 7.40. The van der Waals surface area contributed by atoms with Gasteiger partial charge in [0.1, 0.15) is 34.6 Å². The van der Waals surface area contributed by atoms with Crippen LogP contribution in [0.5, 0.6) is 5.88 Å². The monoisotopic (exact) mass is 429 g/mol. The van der Waals surface area contributed by atoms with Gasteiger partial charge in [0.25, 0.3) is 0 Å². The Labute approximate surface area is 183 Å².